The van der Waals surface area contributed by atoms with E-state index in [1.165, 1.54) is 12.0 Å². The number of fused-ring (bicyclic) bond motifs is 2. The van der Waals surface area contributed by atoms with Gasteiger partial charge < -0.3 is 15.1 Å². The van der Waals surface area contributed by atoms with Crippen molar-refractivity contribution in [2.45, 2.75) is 38.6 Å². The van der Waals surface area contributed by atoms with Crippen molar-refractivity contribution in [3.05, 3.63) is 59.8 Å². The van der Waals surface area contributed by atoms with Crippen LogP contribution in [0.5, 0.6) is 11.5 Å². The minimum atomic E-state index is 0.245. The first kappa shape index (κ1) is 22.9. The summed E-state index contributed by atoms with van der Waals surface area (Å²) in [6.07, 6.45) is 6.04. The summed E-state index contributed by atoms with van der Waals surface area (Å²) in [7, 11) is 0. The Morgan fingerprint density at radius 2 is 1.82 bits per heavy atom. The van der Waals surface area contributed by atoms with E-state index in [1.54, 1.807) is 12.3 Å². The second-order valence-corrected chi connectivity index (χ2v) is 9.68. The maximum Gasteiger partial charge on any atom is 0.141 e. The Balaban J connectivity index is 1.18. The summed E-state index contributed by atoms with van der Waals surface area (Å²) in [5.41, 5.74) is 4.32. The summed E-state index contributed by atoms with van der Waals surface area (Å²) >= 11 is 0. The molecule has 1 saturated heterocycles. The first-order valence-corrected chi connectivity index (χ1v) is 12.7. The molecule has 0 amide bonds. The van der Waals surface area contributed by atoms with Crippen molar-refractivity contribution in [1.82, 2.24) is 14.8 Å². The molecule has 1 atom stereocenters. The van der Waals surface area contributed by atoms with Gasteiger partial charge in [-0.15, -0.1) is 0 Å². The number of pyridine rings is 1. The highest BCUT2D eigenvalue weighted by Crippen LogP contribution is 2.33. The van der Waals surface area contributed by atoms with Crippen LogP contribution in [0, 0.1) is 0 Å². The molecule has 2 N–H and O–H groups in total. The molecule has 0 saturated carbocycles. The van der Waals surface area contributed by atoms with Crippen molar-refractivity contribution in [3.63, 3.8) is 0 Å². The van der Waals surface area contributed by atoms with Gasteiger partial charge in [0, 0.05) is 62.6 Å². The first-order chi connectivity index (χ1) is 16.6. The number of anilines is 1. The van der Waals surface area contributed by atoms with E-state index >= 15 is 0 Å². The lowest BCUT2D eigenvalue weighted by Gasteiger charge is -2.39. The average Bonchev–Trinajstić information content (AvgIpc) is 2.87. The van der Waals surface area contributed by atoms with Gasteiger partial charge in [-0.05, 0) is 73.7 Å². The van der Waals surface area contributed by atoms with Crippen molar-refractivity contribution < 1.29 is 10.2 Å². The zero-order valence-corrected chi connectivity index (χ0v) is 20.2. The Morgan fingerprint density at radius 1 is 0.971 bits per heavy atom. The second-order valence-electron chi connectivity index (χ2n) is 9.68. The molecule has 0 spiro atoms. The van der Waals surface area contributed by atoms with Crippen molar-refractivity contribution >= 4 is 16.6 Å². The molecule has 0 radical (unpaired) electrons. The van der Waals surface area contributed by atoms with E-state index in [4.69, 9.17) is 0 Å². The number of aromatic hydroxyl groups is 2. The molecule has 6 heteroatoms. The van der Waals surface area contributed by atoms with Crippen LogP contribution in [0.3, 0.4) is 0 Å². The summed E-state index contributed by atoms with van der Waals surface area (Å²) < 4.78 is 0. The van der Waals surface area contributed by atoms with E-state index in [1.807, 2.05) is 24.3 Å². The van der Waals surface area contributed by atoms with Gasteiger partial charge in [-0.3, -0.25) is 14.8 Å². The van der Waals surface area contributed by atoms with E-state index in [0.717, 1.165) is 81.7 Å². The van der Waals surface area contributed by atoms with E-state index in [9.17, 15) is 10.2 Å². The number of phenolic OH excluding ortho intramolecular Hbond substituents is 2. The minimum Gasteiger partial charge on any atom is -0.508 e. The molecule has 1 fully saturated rings. The maximum absolute atomic E-state index is 10.2. The Morgan fingerprint density at radius 3 is 2.65 bits per heavy atom. The summed E-state index contributed by atoms with van der Waals surface area (Å²) in [5, 5.41) is 21.4. The molecule has 180 valence electrons. The number of benzene rings is 2. The molecule has 6 nitrogen and oxygen atoms in total. The number of nitrogens with zero attached hydrogens (tertiary/aromatic N) is 4. The van der Waals surface area contributed by atoms with Crippen LogP contribution in [0.25, 0.3) is 10.9 Å². The van der Waals surface area contributed by atoms with Crippen molar-refractivity contribution in [2.75, 3.05) is 50.7 Å². The largest absolute Gasteiger partial charge is 0.508 e. The number of hydrogen-bond acceptors (Lipinski definition) is 6. The summed E-state index contributed by atoms with van der Waals surface area (Å²) in [6.45, 7) is 9.65. The zero-order valence-electron chi connectivity index (χ0n) is 20.2. The number of aromatic nitrogens is 1. The summed E-state index contributed by atoms with van der Waals surface area (Å²) in [4.78, 5) is 12.1. The normalized spacial score (nSPS) is 19.0. The highest BCUT2D eigenvalue weighted by molar-refractivity contribution is 5.95. The van der Waals surface area contributed by atoms with Gasteiger partial charge in [-0.1, -0.05) is 19.1 Å². The Bertz CT molecular complexity index is 1130. The lowest BCUT2D eigenvalue weighted by Crippen LogP contribution is -2.50. The number of hydrogen-bond donors (Lipinski definition) is 2. The van der Waals surface area contributed by atoms with Gasteiger partial charge in [-0.25, -0.2) is 0 Å². The SMILES string of the molecule is CCCN(CCN1CCN(c2ccc(O)c3ncccc23)CC1)C1CCc2c(O)cccc2C1. The van der Waals surface area contributed by atoms with Crippen LogP contribution < -0.4 is 4.90 Å². The van der Waals surface area contributed by atoms with Crippen LogP contribution in [0.4, 0.5) is 5.69 Å². The van der Waals surface area contributed by atoms with Gasteiger partial charge in [0.25, 0.3) is 0 Å². The molecule has 1 aromatic heterocycles. The maximum atomic E-state index is 10.2. The molecule has 2 aromatic carbocycles. The smallest absolute Gasteiger partial charge is 0.141 e. The van der Waals surface area contributed by atoms with Gasteiger partial charge in [-0.2, -0.15) is 0 Å². The molecule has 0 bridgehead atoms. The molecule has 3 aromatic rings. The molecule has 1 aliphatic carbocycles. The predicted octanol–water partition coefficient (Wildman–Crippen LogP) is 4.04. The van der Waals surface area contributed by atoms with Gasteiger partial charge >= 0.3 is 0 Å². The number of piperazine rings is 1. The predicted molar refractivity (Wildman–Crippen MR) is 138 cm³/mol. The van der Waals surface area contributed by atoms with Crippen LogP contribution >= 0.6 is 0 Å². The van der Waals surface area contributed by atoms with E-state index < -0.39 is 0 Å². The summed E-state index contributed by atoms with van der Waals surface area (Å²) in [5.74, 6) is 0.711. The van der Waals surface area contributed by atoms with E-state index in [0.29, 0.717) is 17.3 Å². The van der Waals surface area contributed by atoms with Crippen LogP contribution in [0.2, 0.25) is 0 Å². The van der Waals surface area contributed by atoms with Crippen molar-refractivity contribution in [1.29, 1.82) is 0 Å². The van der Waals surface area contributed by atoms with Crippen LogP contribution in [0.15, 0.2) is 48.7 Å². The van der Waals surface area contributed by atoms with Crippen molar-refractivity contribution in [3.8, 4) is 11.5 Å². The molecule has 34 heavy (non-hydrogen) atoms. The molecular weight excluding hydrogens is 424 g/mol. The van der Waals surface area contributed by atoms with Crippen molar-refractivity contribution in [2.24, 2.45) is 0 Å². The third-order valence-corrected chi connectivity index (χ3v) is 7.60. The fourth-order valence-electron chi connectivity index (χ4n) is 5.74. The number of phenols is 2. The van der Waals surface area contributed by atoms with E-state index in [-0.39, 0.29) is 5.75 Å². The van der Waals surface area contributed by atoms with Gasteiger partial charge in [0.1, 0.15) is 17.0 Å². The zero-order chi connectivity index (χ0) is 23.5. The fourth-order valence-corrected chi connectivity index (χ4v) is 5.74. The van der Waals surface area contributed by atoms with Crippen LogP contribution in [-0.4, -0.2) is 76.9 Å². The summed E-state index contributed by atoms with van der Waals surface area (Å²) in [6, 6.07) is 14.3. The van der Waals surface area contributed by atoms with Gasteiger partial charge in [0.05, 0.1) is 0 Å². The van der Waals surface area contributed by atoms with Crippen LogP contribution in [-0.2, 0) is 12.8 Å². The first-order valence-electron chi connectivity index (χ1n) is 12.7. The molecule has 5 rings (SSSR count). The monoisotopic (exact) mass is 460 g/mol. The third-order valence-electron chi connectivity index (χ3n) is 7.60. The average molecular weight is 461 g/mol. The Hall–Kier alpha value is -2.83. The lowest BCUT2D eigenvalue weighted by atomic mass is 9.87. The van der Waals surface area contributed by atoms with E-state index in [2.05, 4.69) is 38.7 Å². The topological polar surface area (TPSA) is 63.1 Å². The number of rotatable bonds is 7. The highest BCUT2D eigenvalue weighted by Gasteiger charge is 2.26. The molecular formula is C28H36N4O2. The Kier molecular flexibility index (Phi) is 6.88. The minimum absolute atomic E-state index is 0.245. The second kappa shape index (κ2) is 10.2. The van der Waals surface area contributed by atoms with Gasteiger partial charge in [0.15, 0.2) is 0 Å². The van der Waals surface area contributed by atoms with Gasteiger partial charge in [0.2, 0.25) is 0 Å². The standard InChI is InChI=1S/C28H36N4O2/c1-2-13-31(22-8-9-23-21(20-22)5-3-7-26(23)33)17-14-30-15-18-32(19-16-30)25-10-11-27(34)28-24(25)6-4-12-29-28/h3-7,10-12,22,33-34H,2,8-9,13-20H2,1H3. The molecule has 1 unspecified atom stereocenters. The lowest BCUT2D eigenvalue weighted by molar-refractivity contribution is 0.145. The quantitative estimate of drug-likeness (QED) is 0.555. The Labute approximate surface area is 202 Å². The van der Waals surface area contributed by atoms with Crippen LogP contribution in [0.1, 0.15) is 30.9 Å². The molecule has 2 heterocycles. The fraction of sp³-hybridized carbons (Fsp3) is 0.464. The molecule has 1 aliphatic heterocycles. The highest BCUT2D eigenvalue weighted by atomic mass is 16.3. The third kappa shape index (κ3) is 4.70. The molecule has 2 aliphatic rings.